The van der Waals surface area contributed by atoms with E-state index < -0.39 is 0 Å². The van der Waals surface area contributed by atoms with E-state index in [0.29, 0.717) is 5.92 Å². The molecule has 1 aliphatic carbocycles. The van der Waals surface area contributed by atoms with Crippen molar-refractivity contribution in [1.29, 1.82) is 0 Å². The lowest BCUT2D eigenvalue weighted by molar-refractivity contribution is -0.643. The predicted molar refractivity (Wildman–Crippen MR) is 149 cm³/mol. The van der Waals surface area contributed by atoms with Crippen LogP contribution in [-0.2, 0) is 12.5 Å². The molecule has 3 aromatic heterocycles. The second-order valence-electron chi connectivity index (χ2n) is 12.2. The summed E-state index contributed by atoms with van der Waals surface area (Å²) >= 11 is 0. The van der Waals surface area contributed by atoms with Gasteiger partial charge < -0.3 is 4.40 Å². The highest BCUT2D eigenvalue weighted by molar-refractivity contribution is 6.26. The third kappa shape index (κ3) is 2.80. The van der Waals surface area contributed by atoms with Crippen molar-refractivity contribution in [3.8, 4) is 0 Å². The molecule has 35 heavy (non-hydrogen) atoms. The van der Waals surface area contributed by atoms with E-state index in [1.807, 2.05) is 0 Å². The van der Waals surface area contributed by atoms with Gasteiger partial charge >= 0.3 is 0 Å². The molecule has 7 rings (SSSR count). The van der Waals surface area contributed by atoms with Crippen LogP contribution in [0.15, 0.2) is 48.7 Å². The average molecular weight is 460 g/mol. The summed E-state index contributed by atoms with van der Waals surface area (Å²) in [6, 6.07) is 17.0. The first kappa shape index (κ1) is 21.2. The standard InChI is InChI=1S/C33H35N2/c1-19-15-26-25-18-24(33(3,4)5)11-12-27(25)35-28-17-23(21-9-7-8-10-21)16-22-13-14-34(6)32(30(22)28)29(20(19)2)31(26)35/h11-18,21H,7-10H2,1-6H3/q+1. The van der Waals surface area contributed by atoms with Crippen molar-refractivity contribution in [2.45, 2.75) is 71.6 Å². The third-order valence-corrected chi connectivity index (χ3v) is 8.98. The van der Waals surface area contributed by atoms with Crippen LogP contribution in [0.4, 0.5) is 0 Å². The maximum Gasteiger partial charge on any atom is 0.224 e. The van der Waals surface area contributed by atoms with E-state index >= 15 is 0 Å². The van der Waals surface area contributed by atoms with Gasteiger partial charge in [0.15, 0.2) is 6.20 Å². The minimum Gasteiger partial charge on any atom is -0.307 e. The molecular weight excluding hydrogens is 424 g/mol. The summed E-state index contributed by atoms with van der Waals surface area (Å²) in [5.41, 5.74) is 11.3. The molecule has 0 amide bonds. The minimum absolute atomic E-state index is 0.121. The Morgan fingerprint density at radius 2 is 1.63 bits per heavy atom. The molecule has 0 spiro atoms. The van der Waals surface area contributed by atoms with Crippen LogP contribution in [0.5, 0.6) is 0 Å². The monoisotopic (exact) mass is 459 g/mol. The van der Waals surface area contributed by atoms with Crippen LogP contribution >= 0.6 is 0 Å². The van der Waals surface area contributed by atoms with Gasteiger partial charge in [0.2, 0.25) is 5.52 Å². The maximum absolute atomic E-state index is 2.60. The predicted octanol–water partition coefficient (Wildman–Crippen LogP) is 8.39. The molecule has 0 aliphatic heterocycles. The summed E-state index contributed by atoms with van der Waals surface area (Å²) in [6.45, 7) is 11.5. The Bertz CT molecular complexity index is 1800. The molecule has 2 nitrogen and oxygen atoms in total. The highest BCUT2D eigenvalue weighted by atomic mass is 15.0. The maximum atomic E-state index is 2.60. The van der Waals surface area contributed by atoms with Gasteiger partial charge in [0, 0.05) is 16.8 Å². The number of aryl methyl sites for hydroxylation is 3. The molecule has 1 aliphatic rings. The van der Waals surface area contributed by atoms with E-state index in [-0.39, 0.29) is 5.41 Å². The molecule has 176 valence electrons. The van der Waals surface area contributed by atoms with Gasteiger partial charge in [-0.15, -0.1) is 0 Å². The molecule has 3 aromatic carbocycles. The van der Waals surface area contributed by atoms with E-state index in [2.05, 4.69) is 99.3 Å². The minimum atomic E-state index is 0.121. The smallest absolute Gasteiger partial charge is 0.224 e. The van der Waals surface area contributed by atoms with Crippen molar-refractivity contribution in [2.75, 3.05) is 0 Å². The SMILES string of the molecule is Cc1cc2c3cc(C(C)(C)C)ccc3n3c4cc(C5CCCC5)cc5cc[n+](C)c(c(c1C)c23)c54. The van der Waals surface area contributed by atoms with Gasteiger partial charge in [0.1, 0.15) is 7.05 Å². The van der Waals surface area contributed by atoms with Crippen molar-refractivity contribution in [3.63, 3.8) is 0 Å². The molecule has 1 fully saturated rings. The zero-order valence-electron chi connectivity index (χ0n) is 21.9. The first-order valence-corrected chi connectivity index (χ1v) is 13.3. The molecule has 0 N–H and O–H groups in total. The first-order chi connectivity index (χ1) is 16.7. The topological polar surface area (TPSA) is 8.29 Å². The molecule has 1 saturated carbocycles. The Kier molecular flexibility index (Phi) is 4.22. The number of aromatic nitrogens is 2. The Morgan fingerprint density at radius 1 is 0.857 bits per heavy atom. The van der Waals surface area contributed by atoms with Gasteiger partial charge in [-0.3, -0.25) is 0 Å². The molecule has 0 bridgehead atoms. The number of fused-ring (bicyclic) bond motifs is 5. The van der Waals surface area contributed by atoms with Crippen molar-refractivity contribution in [1.82, 2.24) is 4.40 Å². The summed E-state index contributed by atoms with van der Waals surface area (Å²) in [7, 11) is 2.22. The number of hydrogen-bond donors (Lipinski definition) is 0. The molecule has 6 aromatic rings. The Hall–Kier alpha value is -3.13. The second-order valence-corrected chi connectivity index (χ2v) is 12.2. The van der Waals surface area contributed by atoms with E-state index in [1.165, 1.54) is 96.9 Å². The molecule has 3 heterocycles. The summed E-state index contributed by atoms with van der Waals surface area (Å²) in [5.74, 6) is 0.694. The molecule has 0 atom stereocenters. The lowest BCUT2D eigenvalue weighted by Crippen LogP contribution is -2.29. The molecular formula is C33H35N2+. The van der Waals surface area contributed by atoms with E-state index in [4.69, 9.17) is 0 Å². The average Bonchev–Trinajstić information content (AvgIpc) is 3.47. The van der Waals surface area contributed by atoms with Crippen LogP contribution in [0.2, 0.25) is 0 Å². The third-order valence-electron chi connectivity index (χ3n) is 8.98. The number of hydrogen-bond acceptors (Lipinski definition) is 0. The Labute approximate surface area is 207 Å². The van der Waals surface area contributed by atoms with E-state index in [0.717, 1.165) is 0 Å². The largest absolute Gasteiger partial charge is 0.307 e. The van der Waals surface area contributed by atoms with Gasteiger partial charge in [0.25, 0.3) is 0 Å². The lowest BCUT2D eigenvalue weighted by Gasteiger charge is -2.19. The fraction of sp³-hybridized carbons (Fsp3) is 0.364. The Morgan fingerprint density at radius 3 is 2.37 bits per heavy atom. The summed E-state index contributed by atoms with van der Waals surface area (Å²) in [4.78, 5) is 0. The normalized spacial score (nSPS) is 15.7. The second kappa shape index (κ2) is 6.97. The molecule has 0 unspecified atom stereocenters. The van der Waals surface area contributed by atoms with Crippen molar-refractivity contribution in [2.24, 2.45) is 7.05 Å². The first-order valence-electron chi connectivity index (χ1n) is 13.3. The van der Waals surface area contributed by atoms with Crippen LogP contribution in [-0.4, -0.2) is 4.40 Å². The number of pyridine rings is 2. The summed E-state index contributed by atoms with van der Waals surface area (Å²) in [5, 5.41) is 6.95. The van der Waals surface area contributed by atoms with Crippen LogP contribution in [0, 0.1) is 13.8 Å². The summed E-state index contributed by atoms with van der Waals surface area (Å²) < 4.78 is 4.96. The number of nitrogens with zero attached hydrogens (tertiary/aromatic N) is 2. The van der Waals surface area contributed by atoms with Gasteiger partial charge in [0.05, 0.1) is 27.3 Å². The van der Waals surface area contributed by atoms with Gasteiger partial charge in [-0.05, 0) is 89.9 Å². The van der Waals surface area contributed by atoms with E-state index in [9.17, 15) is 0 Å². The van der Waals surface area contributed by atoms with E-state index in [1.54, 1.807) is 0 Å². The lowest BCUT2D eigenvalue weighted by atomic mass is 9.86. The van der Waals surface area contributed by atoms with Crippen molar-refractivity contribution in [3.05, 3.63) is 70.9 Å². The Balaban J connectivity index is 1.78. The fourth-order valence-corrected chi connectivity index (χ4v) is 6.89. The van der Waals surface area contributed by atoms with Crippen LogP contribution in [0.3, 0.4) is 0 Å². The zero-order chi connectivity index (χ0) is 24.2. The number of benzene rings is 3. The molecule has 2 heteroatoms. The van der Waals surface area contributed by atoms with Crippen LogP contribution in [0.25, 0.3) is 49.0 Å². The zero-order valence-corrected chi connectivity index (χ0v) is 21.9. The quantitative estimate of drug-likeness (QED) is 0.133. The van der Waals surface area contributed by atoms with Gasteiger partial charge in [-0.1, -0.05) is 45.7 Å². The van der Waals surface area contributed by atoms with Crippen molar-refractivity contribution < 1.29 is 4.57 Å². The van der Waals surface area contributed by atoms with Crippen molar-refractivity contribution >= 4 is 49.0 Å². The van der Waals surface area contributed by atoms with Gasteiger partial charge in [-0.25, -0.2) is 4.57 Å². The molecule has 0 saturated heterocycles. The highest BCUT2D eigenvalue weighted by Crippen LogP contribution is 2.44. The highest BCUT2D eigenvalue weighted by Gasteiger charge is 2.27. The van der Waals surface area contributed by atoms with Crippen LogP contribution < -0.4 is 4.57 Å². The van der Waals surface area contributed by atoms with Crippen LogP contribution in [0.1, 0.15) is 74.6 Å². The number of rotatable bonds is 1. The molecule has 0 radical (unpaired) electrons. The summed E-state index contributed by atoms with van der Waals surface area (Å²) in [6.07, 6.45) is 7.64. The fourth-order valence-electron chi connectivity index (χ4n) is 6.89. The van der Waals surface area contributed by atoms with Gasteiger partial charge in [-0.2, -0.15) is 0 Å².